The van der Waals surface area contributed by atoms with Gasteiger partial charge in [-0.05, 0) is 57.3 Å². The monoisotopic (exact) mass is 287 g/mol. The largest absolute Gasteiger partial charge is 0.328 e. The van der Waals surface area contributed by atoms with Gasteiger partial charge in [0, 0.05) is 25.7 Å². The van der Waals surface area contributed by atoms with Gasteiger partial charge in [-0.3, -0.25) is 4.90 Å². The fourth-order valence-electron chi connectivity index (χ4n) is 4.53. The SMILES string of the molecule is CC1CN(C)CCCN1C1(CN)CCCc2ccccc21. The quantitative estimate of drug-likeness (QED) is 0.905. The van der Waals surface area contributed by atoms with E-state index >= 15 is 0 Å². The molecule has 0 spiro atoms. The molecule has 1 aliphatic carbocycles. The Balaban J connectivity index is 2.01. The average molecular weight is 287 g/mol. The molecule has 2 aliphatic rings. The molecule has 21 heavy (non-hydrogen) atoms. The van der Waals surface area contributed by atoms with Crippen molar-refractivity contribution in [1.82, 2.24) is 9.80 Å². The van der Waals surface area contributed by atoms with E-state index in [0.717, 1.165) is 19.6 Å². The van der Waals surface area contributed by atoms with Crippen molar-refractivity contribution in [3.63, 3.8) is 0 Å². The lowest BCUT2D eigenvalue weighted by Gasteiger charge is -2.49. The summed E-state index contributed by atoms with van der Waals surface area (Å²) in [7, 11) is 2.24. The van der Waals surface area contributed by atoms with Gasteiger partial charge in [-0.2, -0.15) is 0 Å². The molecule has 2 N–H and O–H groups in total. The first-order chi connectivity index (χ1) is 10.2. The van der Waals surface area contributed by atoms with Crippen LogP contribution in [0, 0.1) is 0 Å². The van der Waals surface area contributed by atoms with Crippen LogP contribution in [0.1, 0.15) is 37.3 Å². The van der Waals surface area contributed by atoms with Gasteiger partial charge in [0.25, 0.3) is 0 Å². The van der Waals surface area contributed by atoms with Crippen molar-refractivity contribution in [3.8, 4) is 0 Å². The van der Waals surface area contributed by atoms with E-state index in [2.05, 4.69) is 48.0 Å². The van der Waals surface area contributed by atoms with E-state index in [9.17, 15) is 0 Å². The molecular formula is C18H29N3. The van der Waals surface area contributed by atoms with Crippen molar-refractivity contribution < 1.29 is 0 Å². The third-order valence-corrected chi connectivity index (χ3v) is 5.49. The third-order valence-electron chi connectivity index (χ3n) is 5.49. The normalized spacial score (nSPS) is 31.7. The maximum Gasteiger partial charge on any atom is 0.0589 e. The molecule has 0 amide bonds. The van der Waals surface area contributed by atoms with Crippen LogP contribution in [0.4, 0.5) is 0 Å². The van der Waals surface area contributed by atoms with E-state index in [-0.39, 0.29) is 5.54 Å². The predicted octanol–water partition coefficient (Wildman–Crippen LogP) is 2.20. The van der Waals surface area contributed by atoms with Crippen molar-refractivity contribution >= 4 is 0 Å². The molecule has 116 valence electrons. The Hall–Kier alpha value is -0.900. The standard InChI is InChI=1S/C18H29N3/c1-15-13-20(2)11-6-12-21(15)18(14-19)10-5-8-16-7-3-4-9-17(16)18/h3-4,7,9,15H,5-6,8,10-14,19H2,1-2H3. The van der Waals surface area contributed by atoms with Gasteiger partial charge in [0.2, 0.25) is 0 Å². The van der Waals surface area contributed by atoms with Crippen LogP contribution in [0.15, 0.2) is 24.3 Å². The number of nitrogens with two attached hydrogens (primary N) is 1. The molecule has 1 aromatic rings. The Morgan fingerprint density at radius 2 is 2.05 bits per heavy atom. The number of hydrogen-bond donors (Lipinski definition) is 1. The van der Waals surface area contributed by atoms with Gasteiger partial charge in [-0.25, -0.2) is 0 Å². The number of likely N-dealkylation sites (N-methyl/N-ethyl adjacent to an activating group) is 1. The molecule has 0 bridgehead atoms. The summed E-state index contributed by atoms with van der Waals surface area (Å²) in [5, 5.41) is 0. The lowest BCUT2D eigenvalue weighted by Crippen LogP contribution is -2.57. The molecular weight excluding hydrogens is 258 g/mol. The van der Waals surface area contributed by atoms with Crippen LogP contribution in [-0.4, -0.2) is 49.1 Å². The molecule has 1 fully saturated rings. The Bertz CT molecular complexity index is 487. The van der Waals surface area contributed by atoms with Gasteiger partial charge < -0.3 is 10.6 Å². The molecule has 2 unspecified atom stereocenters. The smallest absolute Gasteiger partial charge is 0.0589 e. The van der Waals surface area contributed by atoms with Gasteiger partial charge >= 0.3 is 0 Å². The van der Waals surface area contributed by atoms with Crippen molar-refractivity contribution in [1.29, 1.82) is 0 Å². The van der Waals surface area contributed by atoms with E-state index in [1.54, 1.807) is 0 Å². The van der Waals surface area contributed by atoms with Crippen LogP contribution < -0.4 is 5.73 Å². The molecule has 0 radical (unpaired) electrons. The maximum absolute atomic E-state index is 6.38. The Labute approximate surface area is 129 Å². The van der Waals surface area contributed by atoms with E-state index in [1.807, 2.05) is 0 Å². The molecule has 3 nitrogen and oxygen atoms in total. The minimum Gasteiger partial charge on any atom is -0.328 e. The van der Waals surface area contributed by atoms with Crippen molar-refractivity contribution in [2.75, 3.05) is 33.2 Å². The molecule has 1 aromatic carbocycles. The van der Waals surface area contributed by atoms with E-state index in [0.29, 0.717) is 6.04 Å². The zero-order chi connectivity index (χ0) is 14.9. The van der Waals surface area contributed by atoms with Gasteiger partial charge in [0.15, 0.2) is 0 Å². The molecule has 0 aromatic heterocycles. The van der Waals surface area contributed by atoms with Crippen molar-refractivity contribution in [3.05, 3.63) is 35.4 Å². The summed E-state index contributed by atoms with van der Waals surface area (Å²) in [4.78, 5) is 5.18. The fraction of sp³-hybridized carbons (Fsp3) is 0.667. The summed E-state index contributed by atoms with van der Waals surface area (Å²) in [6.07, 6.45) is 4.91. The first-order valence-electron chi connectivity index (χ1n) is 8.41. The van der Waals surface area contributed by atoms with Crippen LogP contribution in [-0.2, 0) is 12.0 Å². The summed E-state index contributed by atoms with van der Waals surface area (Å²) in [5.74, 6) is 0. The molecule has 1 heterocycles. The minimum atomic E-state index is 0.0550. The minimum absolute atomic E-state index is 0.0550. The Morgan fingerprint density at radius 3 is 2.86 bits per heavy atom. The predicted molar refractivity (Wildman–Crippen MR) is 88.4 cm³/mol. The number of rotatable bonds is 2. The summed E-state index contributed by atoms with van der Waals surface area (Å²) in [5.41, 5.74) is 9.44. The van der Waals surface area contributed by atoms with Gasteiger partial charge in [0.05, 0.1) is 5.54 Å². The summed E-state index contributed by atoms with van der Waals surface area (Å²) in [6.45, 7) is 6.61. The van der Waals surface area contributed by atoms with Crippen LogP contribution in [0.5, 0.6) is 0 Å². The second-order valence-corrected chi connectivity index (χ2v) is 6.90. The van der Waals surface area contributed by atoms with Crippen LogP contribution in [0.3, 0.4) is 0 Å². The van der Waals surface area contributed by atoms with Gasteiger partial charge in [-0.1, -0.05) is 24.3 Å². The number of hydrogen-bond acceptors (Lipinski definition) is 3. The van der Waals surface area contributed by atoms with Gasteiger partial charge in [-0.15, -0.1) is 0 Å². The first kappa shape index (κ1) is 15.0. The number of aryl methyl sites for hydroxylation is 1. The second kappa shape index (κ2) is 6.07. The zero-order valence-electron chi connectivity index (χ0n) is 13.5. The highest BCUT2D eigenvalue weighted by molar-refractivity contribution is 5.37. The number of fused-ring (bicyclic) bond motifs is 1. The van der Waals surface area contributed by atoms with E-state index in [1.165, 1.54) is 43.4 Å². The first-order valence-corrected chi connectivity index (χ1v) is 8.41. The van der Waals surface area contributed by atoms with Crippen molar-refractivity contribution in [2.45, 2.75) is 44.2 Å². The molecule has 1 aliphatic heterocycles. The highest BCUT2D eigenvalue weighted by Crippen LogP contribution is 2.41. The maximum atomic E-state index is 6.38. The van der Waals surface area contributed by atoms with Crippen LogP contribution in [0.25, 0.3) is 0 Å². The Kier molecular flexibility index (Phi) is 4.34. The second-order valence-electron chi connectivity index (χ2n) is 6.90. The fourth-order valence-corrected chi connectivity index (χ4v) is 4.53. The van der Waals surface area contributed by atoms with E-state index in [4.69, 9.17) is 5.73 Å². The summed E-state index contributed by atoms with van der Waals surface area (Å²) < 4.78 is 0. The molecule has 0 saturated carbocycles. The zero-order valence-corrected chi connectivity index (χ0v) is 13.5. The molecule has 2 atom stereocenters. The molecule has 3 heteroatoms. The highest BCUT2D eigenvalue weighted by atomic mass is 15.3. The highest BCUT2D eigenvalue weighted by Gasteiger charge is 2.42. The van der Waals surface area contributed by atoms with Crippen molar-refractivity contribution in [2.24, 2.45) is 5.73 Å². The number of benzene rings is 1. The molecule has 3 rings (SSSR count). The van der Waals surface area contributed by atoms with E-state index < -0.39 is 0 Å². The van der Waals surface area contributed by atoms with Crippen LogP contribution in [0.2, 0.25) is 0 Å². The summed E-state index contributed by atoms with van der Waals surface area (Å²) in [6, 6.07) is 9.54. The van der Waals surface area contributed by atoms with Crippen LogP contribution >= 0.6 is 0 Å². The topological polar surface area (TPSA) is 32.5 Å². The average Bonchev–Trinajstić information content (AvgIpc) is 2.67. The lowest BCUT2D eigenvalue weighted by atomic mass is 9.74. The lowest BCUT2D eigenvalue weighted by molar-refractivity contribution is 0.0394. The molecule has 1 saturated heterocycles. The van der Waals surface area contributed by atoms with Gasteiger partial charge in [0.1, 0.15) is 0 Å². The third kappa shape index (κ3) is 2.63. The number of nitrogens with zero attached hydrogens (tertiary/aromatic N) is 2. The Morgan fingerprint density at radius 1 is 1.24 bits per heavy atom. The summed E-state index contributed by atoms with van der Waals surface area (Å²) >= 11 is 0.